The second-order valence-electron chi connectivity index (χ2n) is 4.23. The molecule has 90 valence electrons. The van der Waals surface area contributed by atoms with Crippen molar-refractivity contribution in [2.24, 2.45) is 9.98 Å². The summed E-state index contributed by atoms with van der Waals surface area (Å²) in [6.45, 7) is 7.66. The van der Waals surface area contributed by atoms with Crippen molar-refractivity contribution in [3.63, 3.8) is 0 Å². The van der Waals surface area contributed by atoms with E-state index in [1.165, 1.54) is 11.1 Å². The molecule has 2 rings (SSSR count). The van der Waals surface area contributed by atoms with Crippen molar-refractivity contribution in [2.75, 3.05) is 26.2 Å². The molecule has 0 unspecified atom stereocenters. The Morgan fingerprint density at radius 3 is 1.82 bits per heavy atom. The van der Waals surface area contributed by atoms with E-state index in [4.69, 9.17) is 0 Å². The summed E-state index contributed by atoms with van der Waals surface area (Å²) < 4.78 is 0. The number of benzene rings is 1. The van der Waals surface area contributed by atoms with Crippen molar-refractivity contribution in [1.82, 2.24) is 5.32 Å². The number of nitrogens with zero attached hydrogens (tertiary/aromatic N) is 2. The maximum atomic E-state index is 4.60. The van der Waals surface area contributed by atoms with E-state index < -0.39 is 0 Å². The van der Waals surface area contributed by atoms with Crippen LogP contribution in [0.3, 0.4) is 0 Å². The Labute approximate surface area is 103 Å². The molecule has 0 amide bonds. The van der Waals surface area contributed by atoms with Crippen LogP contribution in [0.4, 0.5) is 0 Å². The van der Waals surface area contributed by atoms with Crippen LogP contribution in [0.1, 0.15) is 25.0 Å². The summed E-state index contributed by atoms with van der Waals surface area (Å²) in [5, 5.41) is 3.34. The van der Waals surface area contributed by atoms with E-state index >= 15 is 0 Å². The molecule has 0 radical (unpaired) electrons. The van der Waals surface area contributed by atoms with Crippen LogP contribution < -0.4 is 5.32 Å². The SMILES string of the molecule is CC1=NCCNCCN=C(C)c2ccccc21. The topological polar surface area (TPSA) is 36.8 Å². The molecule has 0 bridgehead atoms. The highest BCUT2D eigenvalue weighted by Crippen LogP contribution is 2.12. The van der Waals surface area contributed by atoms with E-state index in [2.05, 4.69) is 53.4 Å². The summed E-state index contributed by atoms with van der Waals surface area (Å²) in [5.74, 6) is 0. The fraction of sp³-hybridized carbons (Fsp3) is 0.429. The van der Waals surface area contributed by atoms with Crippen LogP contribution in [0.5, 0.6) is 0 Å². The van der Waals surface area contributed by atoms with Gasteiger partial charge in [0, 0.05) is 35.6 Å². The molecule has 1 N–H and O–H groups in total. The highest BCUT2D eigenvalue weighted by atomic mass is 14.9. The minimum Gasteiger partial charge on any atom is -0.313 e. The minimum absolute atomic E-state index is 0.833. The highest BCUT2D eigenvalue weighted by molar-refractivity contribution is 6.11. The third kappa shape index (κ3) is 3.01. The average Bonchev–Trinajstić information content (AvgIpc) is 2.39. The Morgan fingerprint density at radius 1 is 0.882 bits per heavy atom. The second-order valence-corrected chi connectivity index (χ2v) is 4.23. The third-order valence-electron chi connectivity index (χ3n) is 2.98. The summed E-state index contributed by atoms with van der Waals surface area (Å²) in [6.07, 6.45) is 0. The average molecular weight is 229 g/mol. The zero-order chi connectivity index (χ0) is 12.1. The van der Waals surface area contributed by atoms with Gasteiger partial charge in [0.15, 0.2) is 0 Å². The first kappa shape index (κ1) is 12.0. The van der Waals surface area contributed by atoms with Gasteiger partial charge in [-0.15, -0.1) is 0 Å². The van der Waals surface area contributed by atoms with E-state index in [0.717, 1.165) is 37.6 Å². The van der Waals surface area contributed by atoms with Gasteiger partial charge in [-0.05, 0) is 13.8 Å². The lowest BCUT2D eigenvalue weighted by atomic mass is 10.0. The van der Waals surface area contributed by atoms with Crippen LogP contribution in [-0.4, -0.2) is 37.6 Å². The van der Waals surface area contributed by atoms with Gasteiger partial charge < -0.3 is 5.32 Å². The third-order valence-corrected chi connectivity index (χ3v) is 2.98. The van der Waals surface area contributed by atoms with Crippen molar-refractivity contribution in [3.8, 4) is 0 Å². The number of nitrogens with one attached hydrogen (secondary N) is 1. The van der Waals surface area contributed by atoms with E-state index in [0.29, 0.717) is 0 Å². The first-order chi connectivity index (χ1) is 8.29. The van der Waals surface area contributed by atoms with Crippen molar-refractivity contribution in [2.45, 2.75) is 13.8 Å². The molecule has 0 saturated heterocycles. The van der Waals surface area contributed by atoms with Gasteiger partial charge in [-0.2, -0.15) is 0 Å². The molecule has 1 aliphatic rings. The lowest BCUT2D eigenvalue weighted by Gasteiger charge is -2.08. The first-order valence-electron chi connectivity index (χ1n) is 6.11. The zero-order valence-electron chi connectivity index (χ0n) is 10.5. The van der Waals surface area contributed by atoms with Crippen LogP contribution in [-0.2, 0) is 0 Å². The predicted molar refractivity (Wildman–Crippen MR) is 73.5 cm³/mol. The Morgan fingerprint density at radius 2 is 1.35 bits per heavy atom. The summed E-state index contributed by atoms with van der Waals surface area (Å²) in [5.41, 5.74) is 4.60. The molecular weight excluding hydrogens is 210 g/mol. The van der Waals surface area contributed by atoms with Crippen LogP contribution >= 0.6 is 0 Å². The van der Waals surface area contributed by atoms with Gasteiger partial charge in [-0.25, -0.2) is 0 Å². The van der Waals surface area contributed by atoms with Gasteiger partial charge in [0.05, 0.1) is 13.1 Å². The number of aliphatic imine (C=N–C) groups is 2. The molecule has 1 aromatic carbocycles. The van der Waals surface area contributed by atoms with Crippen LogP contribution in [0.25, 0.3) is 0 Å². The molecule has 1 aliphatic heterocycles. The van der Waals surface area contributed by atoms with Gasteiger partial charge in [-0.1, -0.05) is 24.3 Å². The monoisotopic (exact) mass is 229 g/mol. The molecule has 1 aromatic rings. The molecule has 0 aliphatic carbocycles. The van der Waals surface area contributed by atoms with Gasteiger partial charge in [0.2, 0.25) is 0 Å². The van der Waals surface area contributed by atoms with Crippen molar-refractivity contribution < 1.29 is 0 Å². The van der Waals surface area contributed by atoms with Crippen molar-refractivity contribution in [1.29, 1.82) is 0 Å². The van der Waals surface area contributed by atoms with Crippen molar-refractivity contribution in [3.05, 3.63) is 35.4 Å². The molecule has 0 atom stereocenters. The number of hydrogen-bond donors (Lipinski definition) is 1. The number of rotatable bonds is 0. The summed E-state index contributed by atoms with van der Waals surface area (Å²) in [4.78, 5) is 9.20. The maximum absolute atomic E-state index is 4.60. The van der Waals surface area contributed by atoms with E-state index in [-0.39, 0.29) is 0 Å². The molecule has 3 nitrogen and oxygen atoms in total. The highest BCUT2D eigenvalue weighted by Gasteiger charge is 2.07. The molecule has 0 aromatic heterocycles. The number of hydrogen-bond acceptors (Lipinski definition) is 3. The molecular formula is C14H19N3. The Bertz CT molecular complexity index is 406. The Balaban J connectivity index is 2.44. The lowest BCUT2D eigenvalue weighted by Crippen LogP contribution is -2.21. The van der Waals surface area contributed by atoms with E-state index in [1.54, 1.807) is 0 Å². The normalized spacial score (nSPS) is 17.5. The molecule has 0 fully saturated rings. The largest absolute Gasteiger partial charge is 0.313 e. The van der Waals surface area contributed by atoms with Crippen LogP contribution in [0, 0.1) is 0 Å². The summed E-state index contributed by atoms with van der Waals surface area (Å²) in [6, 6.07) is 8.36. The zero-order valence-corrected chi connectivity index (χ0v) is 10.5. The number of fused-ring (bicyclic) bond motifs is 1. The van der Waals surface area contributed by atoms with Crippen LogP contribution in [0.2, 0.25) is 0 Å². The first-order valence-corrected chi connectivity index (χ1v) is 6.11. The predicted octanol–water partition coefficient (Wildman–Crippen LogP) is 1.91. The molecule has 1 heterocycles. The molecule has 3 heteroatoms. The Kier molecular flexibility index (Phi) is 4.04. The van der Waals surface area contributed by atoms with Crippen molar-refractivity contribution >= 4 is 11.4 Å². The van der Waals surface area contributed by atoms with E-state index in [9.17, 15) is 0 Å². The smallest absolute Gasteiger partial charge is 0.0517 e. The van der Waals surface area contributed by atoms with E-state index in [1.807, 2.05) is 0 Å². The maximum Gasteiger partial charge on any atom is 0.0517 e. The van der Waals surface area contributed by atoms with Gasteiger partial charge >= 0.3 is 0 Å². The second kappa shape index (κ2) is 5.73. The molecule has 17 heavy (non-hydrogen) atoms. The van der Waals surface area contributed by atoms with Gasteiger partial charge in [0.1, 0.15) is 0 Å². The summed E-state index contributed by atoms with van der Waals surface area (Å²) in [7, 11) is 0. The molecule has 0 spiro atoms. The fourth-order valence-electron chi connectivity index (χ4n) is 2.01. The quantitative estimate of drug-likeness (QED) is 0.725. The van der Waals surface area contributed by atoms with Gasteiger partial charge in [-0.3, -0.25) is 9.98 Å². The molecule has 0 saturated carbocycles. The Hall–Kier alpha value is -1.48. The van der Waals surface area contributed by atoms with Crippen LogP contribution in [0.15, 0.2) is 34.3 Å². The van der Waals surface area contributed by atoms with Gasteiger partial charge in [0.25, 0.3) is 0 Å². The fourth-order valence-corrected chi connectivity index (χ4v) is 2.01. The summed E-state index contributed by atoms with van der Waals surface area (Å²) >= 11 is 0. The standard InChI is InChI=1S/C14H19N3/c1-11-13-5-3-4-6-14(13)12(2)17-10-8-15-7-9-16-11/h3-6,15H,7-10H2,1-2H3. The lowest BCUT2D eigenvalue weighted by molar-refractivity contribution is 0.698. The minimum atomic E-state index is 0.833.